The molecule has 1 heterocycles. The molecule has 0 bridgehead atoms. The minimum absolute atomic E-state index is 0.0341. The Balaban J connectivity index is 1.52. The number of hydrogen-bond donors (Lipinski definition) is 1. The number of piperazine rings is 1. The second-order valence-corrected chi connectivity index (χ2v) is 7.44. The van der Waals surface area contributed by atoms with Crippen LogP contribution in [0.4, 0.5) is 11.4 Å². The van der Waals surface area contributed by atoms with Crippen molar-refractivity contribution in [3.63, 3.8) is 0 Å². The lowest BCUT2D eigenvalue weighted by molar-refractivity contribution is -0.117. The van der Waals surface area contributed by atoms with Crippen LogP contribution in [-0.4, -0.2) is 43.5 Å². The maximum atomic E-state index is 12.3. The monoisotopic (exact) mass is 401 g/mol. The number of para-hydroxylation sites is 1. The first-order valence-corrected chi connectivity index (χ1v) is 9.41. The average molecular weight is 402 g/mol. The van der Waals surface area contributed by atoms with Crippen LogP contribution in [-0.2, 0) is 4.79 Å². The molecule has 1 aliphatic heterocycles. The fraction of sp³-hybridized carbons (Fsp3) is 0.350. The highest BCUT2D eigenvalue weighted by molar-refractivity contribution is 9.10. The number of anilines is 2. The molecule has 3 rings (SSSR count). The molecule has 1 N–H and O–H groups in total. The third-order valence-corrected chi connectivity index (χ3v) is 5.27. The van der Waals surface area contributed by atoms with Gasteiger partial charge < -0.3 is 10.2 Å². The molecule has 1 amide bonds. The molecule has 1 fully saturated rings. The number of benzene rings is 2. The van der Waals surface area contributed by atoms with Gasteiger partial charge in [-0.25, -0.2) is 0 Å². The quantitative estimate of drug-likeness (QED) is 0.845. The Bertz CT molecular complexity index is 754. The average Bonchev–Trinajstić information content (AvgIpc) is 2.58. The number of carbonyl (C=O) groups is 1. The van der Waals surface area contributed by atoms with Crippen molar-refractivity contribution in [3.05, 3.63) is 58.1 Å². The van der Waals surface area contributed by atoms with Crippen LogP contribution >= 0.6 is 15.9 Å². The van der Waals surface area contributed by atoms with Gasteiger partial charge in [-0.15, -0.1) is 0 Å². The Kier molecular flexibility index (Phi) is 5.76. The topological polar surface area (TPSA) is 35.6 Å². The fourth-order valence-corrected chi connectivity index (χ4v) is 3.65. The number of carbonyl (C=O) groups excluding carboxylic acids is 1. The van der Waals surface area contributed by atoms with E-state index in [4.69, 9.17) is 0 Å². The van der Waals surface area contributed by atoms with Crippen LogP contribution in [0.25, 0.3) is 0 Å². The van der Waals surface area contributed by atoms with E-state index in [0.717, 1.165) is 36.3 Å². The molecule has 1 saturated heterocycles. The standard InChI is InChI=1S/C20H24BrN3O/c1-15-7-8-19(16(2)13-15)24-11-9-23(10-12-24)14-20(25)22-18-6-4-3-5-17(18)21/h3-8,13H,9-12,14H2,1-2H3,(H,22,25). The molecule has 5 heteroatoms. The Morgan fingerprint density at radius 2 is 1.80 bits per heavy atom. The van der Waals surface area contributed by atoms with Crippen LogP contribution in [0.5, 0.6) is 0 Å². The Morgan fingerprint density at radius 3 is 2.48 bits per heavy atom. The molecule has 0 radical (unpaired) electrons. The largest absolute Gasteiger partial charge is 0.369 e. The van der Waals surface area contributed by atoms with Crippen molar-refractivity contribution in [2.75, 3.05) is 42.9 Å². The smallest absolute Gasteiger partial charge is 0.238 e. The molecule has 2 aromatic rings. The second kappa shape index (κ2) is 8.02. The number of aryl methyl sites for hydroxylation is 2. The molecule has 0 aromatic heterocycles. The van der Waals surface area contributed by atoms with Crippen LogP contribution in [0.15, 0.2) is 46.9 Å². The summed E-state index contributed by atoms with van der Waals surface area (Å²) in [6, 6.07) is 14.3. The summed E-state index contributed by atoms with van der Waals surface area (Å²) >= 11 is 3.46. The van der Waals surface area contributed by atoms with Gasteiger partial charge in [0.2, 0.25) is 5.91 Å². The zero-order valence-corrected chi connectivity index (χ0v) is 16.3. The second-order valence-electron chi connectivity index (χ2n) is 6.58. The van der Waals surface area contributed by atoms with Crippen molar-refractivity contribution in [2.24, 2.45) is 0 Å². The Labute approximate surface area is 158 Å². The maximum Gasteiger partial charge on any atom is 0.238 e. The van der Waals surface area contributed by atoms with Gasteiger partial charge in [0.25, 0.3) is 0 Å². The van der Waals surface area contributed by atoms with Crippen molar-refractivity contribution >= 4 is 33.2 Å². The molecule has 25 heavy (non-hydrogen) atoms. The van der Waals surface area contributed by atoms with Gasteiger partial charge in [0.15, 0.2) is 0 Å². The summed E-state index contributed by atoms with van der Waals surface area (Å²) in [7, 11) is 0. The third-order valence-electron chi connectivity index (χ3n) is 4.58. The molecule has 4 nitrogen and oxygen atoms in total. The highest BCUT2D eigenvalue weighted by Gasteiger charge is 2.20. The van der Waals surface area contributed by atoms with E-state index in [1.165, 1.54) is 16.8 Å². The van der Waals surface area contributed by atoms with Crippen LogP contribution in [0.1, 0.15) is 11.1 Å². The van der Waals surface area contributed by atoms with Crippen LogP contribution in [0.2, 0.25) is 0 Å². The van der Waals surface area contributed by atoms with E-state index in [9.17, 15) is 4.79 Å². The van der Waals surface area contributed by atoms with Crippen LogP contribution in [0.3, 0.4) is 0 Å². The molecule has 0 atom stereocenters. The van der Waals surface area contributed by atoms with E-state index in [1.807, 2.05) is 24.3 Å². The first-order chi connectivity index (χ1) is 12.0. The first-order valence-electron chi connectivity index (χ1n) is 8.62. The van der Waals surface area contributed by atoms with Crippen molar-refractivity contribution in [2.45, 2.75) is 13.8 Å². The number of amides is 1. The van der Waals surface area contributed by atoms with Crippen LogP contribution < -0.4 is 10.2 Å². The predicted octanol–water partition coefficient (Wildman–Crippen LogP) is 3.83. The van der Waals surface area contributed by atoms with Crippen LogP contribution in [0, 0.1) is 13.8 Å². The SMILES string of the molecule is Cc1ccc(N2CCN(CC(=O)Nc3ccccc3Br)CC2)c(C)c1. The van der Waals surface area contributed by atoms with E-state index < -0.39 is 0 Å². The number of nitrogens with zero attached hydrogens (tertiary/aromatic N) is 2. The Hall–Kier alpha value is -1.85. The zero-order chi connectivity index (χ0) is 17.8. The first kappa shape index (κ1) is 18.0. The van der Waals surface area contributed by atoms with Gasteiger partial charge in [0.05, 0.1) is 12.2 Å². The summed E-state index contributed by atoms with van der Waals surface area (Å²) in [6.07, 6.45) is 0. The summed E-state index contributed by atoms with van der Waals surface area (Å²) < 4.78 is 0.906. The molecule has 0 aliphatic carbocycles. The number of nitrogens with one attached hydrogen (secondary N) is 1. The van der Waals surface area contributed by atoms with Crippen molar-refractivity contribution in [1.29, 1.82) is 0 Å². The molecular formula is C20H24BrN3O. The van der Waals surface area contributed by atoms with E-state index in [2.05, 4.69) is 63.1 Å². The number of hydrogen-bond acceptors (Lipinski definition) is 3. The van der Waals surface area contributed by atoms with Gasteiger partial charge in [-0.2, -0.15) is 0 Å². The van der Waals surface area contributed by atoms with Gasteiger partial charge in [0.1, 0.15) is 0 Å². The molecule has 0 unspecified atom stereocenters. The van der Waals surface area contributed by atoms with Gasteiger partial charge in [-0.1, -0.05) is 29.8 Å². The summed E-state index contributed by atoms with van der Waals surface area (Å²) in [5.41, 5.74) is 4.74. The molecule has 0 spiro atoms. The highest BCUT2D eigenvalue weighted by Crippen LogP contribution is 2.23. The summed E-state index contributed by atoms with van der Waals surface area (Å²) in [5.74, 6) is 0.0341. The maximum absolute atomic E-state index is 12.3. The summed E-state index contributed by atoms with van der Waals surface area (Å²) in [6.45, 7) is 8.42. The van der Waals surface area contributed by atoms with E-state index in [1.54, 1.807) is 0 Å². The molecule has 0 saturated carbocycles. The summed E-state index contributed by atoms with van der Waals surface area (Å²) in [4.78, 5) is 16.9. The van der Waals surface area contributed by atoms with Crippen molar-refractivity contribution in [3.8, 4) is 0 Å². The summed E-state index contributed by atoms with van der Waals surface area (Å²) in [5, 5.41) is 2.97. The van der Waals surface area contributed by atoms with E-state index in [0.29, 0.717) is 6.54 Å². The molecule has 132 valence electrons. The number of rotatable bonds is 4. The van der Waals surface area contributed by atoms with E-state index >= 15 is 0 Å². The fourth-order valence-electron chi connectivity index (χ4n) is 3.26. The van der Waals surface area contributed by atoms with Crippen molar-refractivity contribution < 1.29 is 4.79 Å². The minimum atomic E-state index is 0.0341. The third kappa shape index (κ3) is 4.61. The van der Waals surface area contributed by atoms with E-state index in [-0.39, 0.29) is 5.91 Å². The molecule has 1 aliphatic rings. The molecular weight excluding hydrogens is 378 g/mol. The molecule has 2 aromatic carbocycles. The van der Waals surface area contributed by atoms with Crippen molar-refractivity contribution in [1.82, 2.24) is 4.90 Å². The number of halogens is 1. The lowest BCUT2D eigenvalue weighted by Crippen LogP contribution is -2.48. The van der Waals surface area contributed by atoms with Gasteiger partial charge >= 0.3 is 0 Å². The van der Waals surface area contributed by atoms with Gasteiger partial charge in [-0.3, -0.25) is 9.69 Å². The van der Waals surface area contributed by atoms with Gasteiger partial charge in [-0.05, 0) is 53.5 Å². The lowest BCUT2D eigenvalue weighted by atomic mass is 10.1. The minimum Gasteiger partial charge on any atom is -0.369 e. The normalized spacial score (nSPS) is 15.2. The zero-order valence-electron chi connectivity index (χ0n) is 14.8. The lowest BCUT2D eigenvalue weighted by Gasteiger charge is -2.36. The Morgan fingerprint density at radius 1 is 1.08 bits per heavy atom. The highest BCUT2D eigenvalue weighted by atomic mass is 79.9. The predicted molar refractivity (Wildman–Crippen MR) is 107 cm³/mol. The van der Waals surface area contributed by atoms with Gasteiger partial charge in [0, 0.05) is 36.3 Å².